The van der Waals surface area contributed by atoms with Crippen LogP contribution >= 0.6 is 0 Å². The Morgan fingerprint density at radius 3 is 2.56 bits per heavy atom. The lowest BCUT2D eigenvalue weighted by molar-refractivity contribution is 0.0829. The van der Waals surface area contributed by atoms with Gasteiger partial charge >= 0.3 is 6.09 Å². The van der Waals surface area contributed by atoms with Gasteiger partial charge in [0.15, 0.2) is 0 Å². The third kappa shape index (κ3) is 1.16. The summed E-state index contributed by atoms with van der Waals surface area (Å²) in [6.07, 6.45) is 5.56. The van der Waals surface area contributed by atoms with E-state index in [0.29, 0.717) is 23.8 Å². The van der Waals surface area contributed by atoms with Crippen molar-refractivity contribution in [3.05, 3.63) is 0 Å². The second kappa shape index (κ2) is 3.36. The molecule has 3 fully saturated rings. The second-order valence-corrected chi connectivity index (χ2v) is 5.61. The molecule has 2 N–H and O–H groups in total. The number of carboxylic acid groups (broad SMARTS) is 1. The van der Waals surface area contributed by atoms with E-state index < -0.39 is 6.09 Å². The maximum atomic E-state index is 11.0. The van der Waals surface area contributed by atoms with Gasteiger partial charge in [0.25, 0.3) is 0 Å². The van der Waals surface area contributed by atoms with Crippen LogP contribution in [0.2, 0.25) is 0 Å². The SMILES string of the molecule is O=C(O)N1C[C@H]2[C@@H]([C@H]1CO)C21CCCCC1. The quantitative estimate of drug-likeness (QED) is 0.711. The van der Waals surface area contributed by atoms with Crippen molar-refractivity contribution in [3.63, 3.8) is 0 Å². The fourth-order valence-corrected chi connectivity index (χ4v) is 4.45. The van der Waals surface area contributed by atoms with Gasteiger partial charge in [0.1, 0.15) is 0 Å². The number of aliphatic hydroxyl groups excluding tert-OH is 1. The maximum absolute atomic E-state index is 11.0. The van der Waals surface area contributed by atoms with Gasteiger partial charge in [0, 0.05) is 6.54 Å². The first-order valence-corrected chi connectivity index (χ1v) is 6.31. The average Bonchev–Trinajstić information content (AvgIpc) is 2.74. The summed E-state index contributed by atoms with van der Waals surface area (Å²) in [5, 5.41) is 18.4. The van der Waals surface area contributed by atoms with Crippen LogP contribution in [0.4, 0.5) is 4.79 Å². The summed E-state index contributed by atoms with van der Waals surface area (Å²) in [6.45, 7) is 0.653. The molecule has 0 aromatic carbocycles. The summed E-state index contributed by atoms with van der Waals surface area (Å²) >= 11 is 0. The molecule has 0 bridgehead atoms. The summed E-state index contributed by atoms with van der Waals surface area (Å²) in [7, 11) is 0. The molecule has 1 aliphatic heterocycles. The first-order valence-electron chi connectivity index (χ1n) is 6.31. The van der Waals surface area contributed by atoms with Crippen LogP contribution in [0.15, 0.2) is 0 Å². The molecule has 90 valence electrons. The van der Waals surface area contributed by atoms with Crippen molar-refractivity contribution in [3.8, 4) is 0 Å². The molecule has 1 heterocycles. The van der Waals surface area contributed by atoms with Crippen molar-refractivity contribution < 1.29 is 15.0 Å². The predicted octanol–water partition coefficient (Wildman–Crippen LogP) is 1.54. The van der Waals surface area contributed by atoms with Crippen molar-refractivity contribution >= 4 is 6.09 Å². The molecule has 2 saturated carbocycles. The summed E-state index contributed by atoms with van der Waals surface area (Å²) < 4.78 is 0. The predicted molar refractivity (Wildman–Crippen MR) is 58.1 cm³/mol. The Labute approximate surface area is 95.2 Å². The number of piperidine rings is 1. The fraction of sp³-hybridized carbons (Fsp3) is 0.917. The zero-order valence-electron chi connectivity index (χ0n) is 9.43. The molecule has 16 heavy (non-hydrogen) atoms. The molecule has 1 amide bonds. The van der Waals surface area contributed by atoms with Crippen LogP contribution in [-0.4, -0.2) is 40.4 Å². The second-order valence-electron chi connectivity index (χ2n) is 5.61. The number of carbonyl (C=O) groups is 1. The minimum Gasteiger partial charge on any atom is -0.465 e. The average molecular weight is 225 g/mol. The van der Waals surface area contributed by atoms with Crippen molar-refractivity contribution in [2.24, 2.45) is 17.3 Å². The molecule has 3 rings (SSSR count). The van der Waals surface area contributed by atoms with Crippen LogP contribution in [-0.2, 0) is 0 Å². The minimum absolute atomic E-state index is 0.00475. The van der Waals surface area contributed by atoms with Gasteiger partial charge in [-0.3, -0.25) is 0 Å². The standard InChI is InChI=1S/C12H19NO3/c14-7-9-10-8(6-13(9)11(15)16)12(10)4-2-1-3-5-12/h8-10,14H,1-7H2,(H,15,16)/t8-,9+,10-/m0/s1. The lowest BCUT2D eigenvalue weighted by Gasteiger charge is -2.32. The highest BCUT2D eigenvalue weighted by Gasteiger charge is 2.71. The van der Waals surface area contributed by atoms with Crippen molar-refractivity contribution in [1.29, 1.82) is 0 Å². The van der Waals surface area contributed by atoms with E-state index in [4.69, 9.17) is 5.11 Å². The third-order valence-electron chi connectivity index (χ3n) is 5.15. The monoisotopic (exact) mass is 225 g/mol. The van der Waals surface area contributed by atoms with E-state index in [1.807, 2.05) is 0 Å². The van der Waals surface area contributed by atoms with Crippen molar-refractivity contribution in [1.82, 2.24) is 4.90 Å². The van der Waals surface area contributed by atoms with Gasteiger partial charge in [-0.1, -0.05) is 19.3 Å². The molecule has 0 aromatic heterocycles. The Morgan fingerprint density at radius 2 is 2.00 bits per heavy atom. The maximum Gasteiger partial charge on any atom is 0.407 e. The Kier molecular flexibility index (Phi) is 2.18. The molecular weight excluding hydrogens is 206 g/mol. The highest BCUT2D eigenvalue weighted by Crippen LogP contribution is 2.71. The van der Waals surface area contributed by atoms with E-state index >= 15 is 0 Å². The minimum atomic E-state index is -0.864. The molecule has 4 heteroatoms. The Balaban J connectivity index is 1.77. The molecule has 2 aliphatic carbocycles. The first kappa shape index (κ1) is 10.4. The van der Waals surface area contributed by atoms with Gasteiger partial charge in [-0.15, -0.1) is 0 Å². The number of likely N-dealkylation sites (tertiary alicyclic amines) is 1. The molecule has 1 saturated heterocycles. The highest BCUT2D eigenvalue weighted by atomic mass is 16.4. The molecule has 1 spiro atoms. The van der Waals surface area contributed by atoms with E-state index in [9.17, 15) is 9.90 Å². The molecule has 0 aromatic rings. The number of rotatable bonds is 1. The molecule has 0 radical (unpaired) electrons. The van der Waals surface area contributed by atoms with Gasteiger partial charge in [-0.2, -0.15) is 0 Å². The van der Waals surface area contributed by atoms with Gasteiger partial charge in [0.05, 0.1) is 12.6 Å². The fourth-order valence-electron chi connectivity index (χ4n) is 4.45. The summed E-state index contributed by atoms with van der Waals surface area (Å²) in [6, 6.07) is -0.124. The number of hydrogen-bond donors (Lipinski definition) is 2. The van der Waals surface area contributed by atoms with Crippen molar-refractivity contribution in [2.45, 2.75) is 38.1 Å². The Hall–Kier alpha value is -0.770. The number of hydrogen-bond acceptors (Lipinski definition) is 2. The van der Waals surface area contributed by atoms with Crippen LogP contribution in [0.25, 0.3) is 0 Å². The topological polar surface area (TPSA) is 60.8 Å². The lowest BCUT2D eigenvalue weighted by Crippen LogP contribution is -2.43. The van der Waals surface area contributed by atoms with Crippen LogP contribution in [0.3, 0.4) is 0 Å². The summed E-state index contributed by atoms with van der Waals surface area (Å²) in [5.41, 5.74) is 0.414. The number of nitrogens with zero attached hydrogens (tertiary/aromatic N) is 1. The van der Waals surface area contributed by atoms with E-state index in [1.54, 1.807) is 0 Å². The molecule has 4 nitrogen and oxygen atoms in total. The summed E-state index contributed by atoms with van der Waals surface area (Å²) in [5.74, 6) is 0.995. The van der Waals surface area contributed by atoms with Crippen LogP contribution in [0, 0.1) is 17.3 Å². The zero-order chi connectivity index (χ0) is 11.3. The first-order chi connectivity index (χ1) is 7.70. The normalized spacial score (nSPS) is 39.8. The molecule has 3 atom stereocenters. The van der Waals surface area contributed by atoms with Gasteiger partial charge in [-0.25, -0.2) is 4.79 Å². The van der Waals surface area contributed by atoms with Gasteiger partial charge in [0.2, 0.25) is 0 Å². The van der Waals surface area contributed by atoms with Crippen LogP contribution in [0.1, 0.15) is 32.1 Å². The third-order valence-corrected chi connectivity index (χ3v) is 5.15. The zero-order valence-corrected chi connectivity index (χ0v) is 9.43. The van der Waals surface area contributed by atoms with Crippen LogP contribution in [0.5, 0.6) is 0 Å². The Bertz CT molecular complexity index is 311. The largest absolute Gasteiger partial charge is 0.465 e. The smallest absolute Gasteiger partial charge is 0.407 e. The number of fused-ring (bicyclic) bond motifs is 3. The number of aliphatic hydroxyl groups is 1. The number of amides is 1. The highest BCUT2D eigenvalue weighted by molar-refractivity contribution is 5.66. The van der Waals surface area contributed by atoms with E-state index in [1.165, 1.54) is 37.0 Å². The van der Waals surface area contributed by atoms with Crippen LogP contribution < -0.4 is 0 Å². The molecular formula is C12H19NO3. The summed E-state index contributed by atoms with van der Waals surface area (Å²) in [4.78, 5) is 12.5. The Morgan fingerprint density at radius 1 is 1.31 bits per heavy atom. The van der Waals surface area contributed by atoms with Gasteiger partial charge < -0.3 is 15.1 Å². The van der Waals surface area contributed by atoms with E-state index in [0.717, 1.165) is 0 Å². The van der Waals surface area contributed by atoms with Crippen molar-refractivity contribution in [2.75, 3.05) is 13.2 Å². The molecule has 3 aliphatic rings. The lowest BCUT2D eigenvalue weighted by atomic mass is 9.81. The van der Waals surface area contributed by atoms with Gasteiger partial charge in [-0.05, 0) is 30.1 Å². The van der Waals surface area contributed by atoms with E-state index in [2.05, 4.69) is 0 Å². The van der Waals surface area contributed by atoms with E-state index in [-0.39, 0.29) is 12.6 Å². The molecule has 0 unspecified atom stereocenters.